The fraction of sp³-hybridized carbons (Fsp3) is 0.0588. The third kappa shape index (κ3) is 3.46. The molecule has 4 nitrogen and oxygen atoms in total. The standard InChI is InChI=1S/C17H12BrClN2O2/c18-11-5-6-15-12(9-11)16(22)7-8-21(15)10-17(23)20-14-4-2-1-3-13(14)19/h1-9H,10H2,(H,20,23). The molecular formula is C17H12BrClN2O2. The van der Waals surface area contributed by atoms with Gasteiger partial charge in [0.05, 0.1) is 16.2 Å². The highest BCUT2D eigenvalue weighted by molar-refractivity contribution is 9.10. The Labute approximate surface area is 145 Å². The number of carbonyl (C=O) groups excluding carboxylic acids is 1. The van der Waals surface area contributed by atoms with E-state index < -0.39 is 0 Å². The molecule has 1 heterocycles. The molecule has 3 rings (SSSR count). The molecule has 116 valence electrons. The summed E-state index contributed by atoms with van der Waals surface area (Å²) in [4.78, 5) is 24.2. The third-order valence-electron chi connectivity index (χ3n) is 3.40. The molecule has 2 aromatic carbocycles. The molecule has 0 saturated heterocycles. The average Bonchev–Trinajstić information content (AvgIpc) is 2.52. The molecule has 1 N–H and O–H groups in total. The second-order valence-corrected chi connectivity index (χ2v) is 6.32. The van der Waals surface area contributed by atoms with E-state index in [9.17, 15) is 9.59 Å². The highest BCUT2D eigenvalue weighted by Crippen LogP contribution is 2.21. The maximum Gasteiger partial charge on any atom is 0.244 e. The normalized spacial score (nSPS) is 10.7. The molecule has 0 bridgehead atoms. The molecule has 0 aliphatic heterocycles. The van der Waals surface area contributed by atoms with Crippen LogP contribution in [0.3, 0.4) is 0 Å². The number of nitrogens with zero attached hydrogens (tertiary/aromatic N) is 1. The topological polar surface area (TPSA) is 51.1 Å². The minimum Gasteiger partial charge on any atom is -0.338 e. The van der Waals surface area contributed by atoms with Crippen molar-refractivity contribution in [1.29, 1.82) is 0 Å². The van der Waals surface area contributed by atoms with E-state index in [1.165, 1.54) is 6.07 Å². The van der Waals surface area contributed by atoms with Crippen LogP contribution in [-0.2, 0) is 11.3 Å². The van der Waals surface area contributed by atoms with Crippen molar-refractivity contribution >= 4 is 50.0 Å². The quantitative estimate of drug-likeness (QED) is 0.732. The van der Waals surface area contributed by atoms with Gasteiger partial charge in [0.25, 0.3) is 0 Å². The number of halogens is 2. The molecule has 6 heteroatoms. The van der Waals surface area contributed by atoms with E-state index >= 15 is 0 Å². The van der Waals surface area contributed by atoms with Crippen LogP contribution in [0.4, 0.5) is 5.69 Å². The number of benzene rings is 2. The van der Waals surface area contributed by atoms with Crippen LogP contribution >= 0.6 is 27.5 Å². The van der Waals surface area contributed by atoms with Gasteiger partial charge in [-0.1, -0.05) is 39.7 Å². The summed E-state index contributed by atoms with van der Waals surface area (Å²) < 4.78 is 2.55. The monoisotopic (exact) mass is 390 g/mol. The van der Waals surface area contributed by atoms with E-state index in [2.05, 4.69) is 21.2 Å². The van der Waals surface area contributed by atoms with Crippen LogP contribution in [-0.4, -0.2) is 10.5 Å². The van der Waals surface area contributed by atoms with Crippen LogP contribution in [0.25, 0.3) is 10.9 Å². The third-order valence-corrected chi connectivity index (χ3v) is 4.22. The predicted octanol–water partition coefficient (Wildman–Crippen LogP) is 4.06. The Kier molecular flexibility index (Phi) is 4.50. The SMILES string of the molecule is O=C(Cn1ccc(=O)c2cc(Br)ccc21)Nc1ccccc1Cl. The summed E-state index contributed by atoms with van der Waals surface area (Å²) in [5.41, 5.74) is 1.19. The van der Waals surface area contributed by atoms with Gasteiger partial charge in [-0.25, -0.2) is 0 Å². The summed E-state index contributed by atoms with van der Waals surface area (Å²) in [6.45, 7) is 0.0869. The minimum atomic E-state index is -0.217. The first kappa shape index (κ1) is 15.8. The zero-order valence-electron chi connectivity index (χ0n) is 11.9. The fourth-order valence-electron chi connectivity index (χ4n) is 2.33. The van der Waals surface area contributed by atoms with Crippen molar-refractivity contribution in [2.24, 2.45) is 0 Å². The van der Waals surface area contributed by atoms with Crippen LogP contribution in [0.5, 0.6) is 0 Å². The van der Waals surface area contributed by atoms with Crippen molar-refractivity contribution in [3.05, 3.63) is 74.4 Å². The van der Waals surface area contributed by atoms with Crippen molar-refractivity contribution in [2.75, 3.05) is 5.32 Å². The van der Waals surface area contributed by atoms with Gasteiger partial charge in [0.15, 0.2) is 5.43 Å². The van der Waals surface area contributed by atoms with Gasteiger partial charge in [-0.3, -0.25) is 9.59 Å². The Bertz CT molecular complexity index is 953. The molecule has 1 aromatic heterocycles. The zero-order valence-corrected chi connectivity index (χ0v) is 14.3. The van der Waals surface area contributed by atoms with Crippen molar-refractivity contribution in [3.8, 4) is 0 Å². The Hall–Kier alpha value is -2.11. The van der Waals surface area contributed by atoms with Gasteiger partial charge in [-0.15, -0.1) is 0 Å². The van der Waals surface area contributed by atoms with E-state index in [-0.39, 0.29) is 17.9 Å². The molecule has 0 unspecified atom stereocenters. The van der Waals surface area contributed by atoms with Crippen molar-refractivity contribution in [1.82, 2.24) is 4.57 Å². The zero-order chi connectivity index (χ0) is 16.4. The number of aromatic nitrogens is 1. The summed E-state index contributed by atoms with van der Waals surface area (Å²) in [5, 5.41) is 3.81. The number of anilines is 1. The second-order valence-electron chi connectivity index (χ2n) is 5.00. The maximum absolute atomic E-state index is 12.3. The number of pyridine rings is 1. The number of carbonyl (C=O) groups is 1. The lowest BCUT2D eigenvalue weighted by atomic mass is 10.2. The number of hydrogen-bond acceptors (Lipinski definition) is 2. The van der Waals surface area contributed by atoms with Crippen molar-refractivity contribution in [2.45, 2.75) is 6.54 Å². The predicted molar refractivity (Wildman–Crippen MR) is 96.0 cm³/mol. The molecule has 3 aromatic rings. The van der Waals surface area contributed by atoms with Gasteiger partial charge >= 0.3 is 0 Å². The summed E-state index contributed by atoms with van der Waals surface area (Å²) in [6.07, 6.45) is 1.62. The van der Waals surface area contributed by atoms with Gasteiger partial charge in [0, 0.05) is 22.1 Å². The lowest BCUT2D eigenvalue weighted by Gasteiger charge is -2.12. The number of hydrogen-bond donors (Lipinski definition) is 1. The van der Waals surface area contributed by atoms with Crippen molar-refractivity contribution < 1.29 is 4.79 Å². The summed E-state index contributed by atoms with van der Waals surface area (Å²) in [7, 11) is 0. The Balaban J connectivity index is 1.90. The molecule has 0 atom stereocenters. The summed E-state index contributed by atoms with van der Waals surface area (Å²) in [6, 6.07) is 13.9. The highest BCUT2D eigenvalue weighted by Gasteiger charge is 2.09. The van der Waals surface area contributed by atoms with Crippen LogP contribution in [0.15, 0.2) is 64.0 Å². The number of amides is 1. The van der Waals surface area contributed by atoms with Crippen LogP contribution in [0.2, 0.25) is 5.02 Å². The number of para-hydroxylation sites is 1. The van der Waals surface area contributed by atoms with E-state index in [1.54, 1.807) is 41.1 Å². The Morgan fingerprint density at radius 1 is 1.17 bits per heavy atom. The van der Waals surface area contributed by atoms with E-state index in [4.69, 9.17) is 11.6 Å². The highest BCUT2D eigenvalue weighted by atomic mass is 79.9. The Morgan fingerprint density at radius 2 is 1.96 bits per heavy atom. The summed E-state index contributed by atoms with van der Waals surface area (Å²) in [5.74, 6) is -0.217. The Morgan fingerprint density at radius 3 is 2.74 bits per heavy atom. The lowest BCUT2D eigenvalue weighted by molar-refractivity contribution is -0.116. The van der Waals surface area contributed by atoms with Crippen LogP contribution in [0.1, 0.15) is 0 Å². The molecule has 1 amide bonds. The molecule has 23 heavy (non-hydrogen) atoms. The smallest absolute Gasteiger partial charge is 0.244 e. The fourth-order valence-corrected chi connectivity index (χ4v) is 2.87. The molecule has 0 fully saturated rings. The first-order chi connectivity index (χ1) is 11.0. The average molecular weight is 392 g/mol. The van der Waals surface area contributed by atoms with Gasteiger partial charge in [-0.05, 0) is 30.3 Å². The molecule has 0 radical (unpaired) electrons. The van der Waals surface area contributed by atoms with Crippen LogP contribution < -0.4 is 10.7 Å². The number of fused-ring (bicyclic) bond motifs is 1. The molecule has 0 saturated carbocycles. The van der Waals surface area contributed by atoms with Gasteiger partial charge < -0.3 is 9.88 Å². The molecule has 0 aliphatic carbocycles. The van der Waals surface area contributed by atoms with E-state index in [0.29, 0.717) is 21.6 Å². The number of nitrogens with one attached hydrogen (secondary N) is 1. The maximum atomic E-state index is 12.3. The first-order valence-electron chi connectivity index (χ1n) is 6.88. The van der Waals surface area contributed by atoms with Gasteiger partial charge in [0.1, 0.15) is 6.54 Å². The molecule has 0 spiro atoms. The minimum absolute atomic E-state index is 0.0796. The molecule has 0 aliphatic rings. The largest absolute Gasteiger partial charge is 0.338 e. The van der Waals surface area contributed by atoms with Crippen LogP contribution in [0, 0.1) is 0 Å². The number of rotatable bonds is 3. The lowest BCUT2D eigenvalue weighted by Crippen LogP contribution is -2.20. The van der Waals surface area contributed by atoms with E-state index in [0.717, 1.165) is 4.47 Å². The molecular weight excluding hydrogens is 380 g/mol. The summed E-state index contributed by atoms with van der Waals surface area (Å²) >= 11 is 9.39. The first-order valence-corrected chi connectivity index (χ1v) is 8.05. The van der Waals surface area contributed by atoms with Gasteiger partial charge in [0.2, 0.25) is 5.91 Å². The second kappa shape index (κ2) is 6.56. The van der Waals surface area contributed by atoms with Gasteiger partial charge in [-0.2, -0.15) is 0 Å². The van der Waals surface area contributed by atoms with E-state index in [1.807, 2.05) is 12.1 Å². The van der Waals surface area contributed by atoms with Crippen molar-refractivity contribution in [3.63, 3.8) is 0 Å².